The van der Waals surface area contributed by atoms with Crippen molar-refractivity contribution in [2.75, 3.05) is 31.1 Å². The van der Waals surface area contributed by atoms with Crippen LogP contribution in [0.25, 0.3) is 0 Å². The molecular formula is C19H21F3N2O3. The summed E-state index contributed by atoms with van der Waals surface area (Å²) >= 11 is 0. The molecule has 0 aromatic heterocycles. The molecule has 27 heavy (non-hydrogen) atoms. The Morgan fingerprint density at radius 1 is 1.19 bits per heavy atom. The summed E-state index contributed by atoms with van der Waals surface area (Å²) in [6.07, 6.45) is -2.15. The van der Waals surface area contributed by atoms with Crippen LogP contribution >= 0.6 is 0 Å². The number of halogens is 3. The van der Waals surface area contributed by atoms with Crippen molar-refractivity contribution in [1.29, 1.82) is 0 Å². The Bertz CT molecular complexity index is 740. The van der Waals surface area contributed by atoms with E-state index in [1.165, 1.54) is 17.0 Å². The van der Waals surface area contributed by atoms with Crippen molar-refractivity contribution in [2.45, 2.75) is 25.6 Å². The van der Waals surface area contributed by atoms with E-state index in [2.05, 4.69) is 6.58 Å². The van der Waals surface area contributed by atoms with Crippen molar-refractivity contribution in [3.63, 3.8) is 0 Å². The minimum atomic E-state index is -4.44. The van der Waals surface area contributed by atoms with Crippen LogP contribution in [0.4, 0.5) is 18.9 Å². The minimum absolute atomic E-state index is 0.0370. The third-order valence-electron chi connectivity index (χ3n) is 5.01. The lowest BCUT2D eigenvalue weighted by Crippen LogP contribution is -2.44. The highest BCUT2D eigenvalue weighted by Gasteiger charge is 2.34. The standard InChI is InChI=1S/C19H21F3N2O3/c1-2-17(25)23-7-5-13(6-8-23)18(26)24-9-10-27-12-14-11-15(19(20,21)22)3-4-16(14)24/h2-4,11,13H,1,5-10,12H2. The van der Waals surface area contributed by atoms with E-state index < -0.39 is 11.7 Å². The average Bonchev–Trinajstić information content (AvgIpc) is 2.88. The van der Waals surface area contributed by atoms with Gasteiger partial charge >= 0.3 is 6.18 Å². The zero-order chi connectivity index (χ0) is 19.6. The number of hydrogen-bond acceptors (Lipinski definition) is 3. The molecule has 2 amide bonds. The van der Waals surface area contributed by atoms with Gasteiger partial charge in [-0.05, 0) is 37.1 Å². The first-order chi connectivity index (χ1) is 12.8. The van der Waals surface area contributed by atoms with E-state index in [1.54, 1.807) is 4.90 Å². The van der Waals surface area contributed by atoms with Crippen LogP contribution in [0.2, 0.25) is 0 Å². The first-order valence-electron chi connectivity index (χ1n) is 8.82. The van der Waals surface area contributed by atoms with E-state index >= 15 is 0 Å². The quantitative estimate of drug-likeness (QED) is 0.739. The van der Waals surface area contributed by atoms with Gasteiger partial charge in [0.1, 0.15) is 0 Å². The fraction of sp³-hybridized carbons (Fsp3) is 0.474. The van der Waals surface area contributed by atoms with Crippen LogP contribution < -0.4 is 4.90 Å². The lowest BCUT2D eigenvalue weighted by atomic mass is 9.94. The predicted octanol–water partition coefficient (Wildman–Crippen LogP) is 2.99. The average molecular weight is 382 g/mol. The summed E-state index contributed by atoms with van der Waals surface area (Å²) in [6, 6.07) is 3.39. The van der Waals surface area contributed by atoms with E-state index in [-0.39, 0.29) is 30.9 Å². The first-order valence-corrected chi connectivity index (χ1v) is 8.82. The SMILES string of the molecule is C=CC(=O)N1CCC(C(=O)N2CCOCc3cc(C(F)(F)F)ccc32)CC1. The van der Waals surface area contributed by atoms with Gasteiger partial charge in [0, 0.05) is 36.8 Å². The van der Waals surface area contributed by atoms with Crippen molar-refractivity contribution < 1.29 is 27.5 Å². The van der Waals surface area contributed by atoms with Crippen LogP contribution in [0.1, 0.15) is 24.0 Å². The number of fused-ring (bicyclic) bond motifs is 1. The van der Waals surface area contributed by atoms with E-state index in [4.69, 9.17) is 4.74 Å². The maximum atomic E-state index is 13.0. The summed E-state index contributed by atoms with van der Waals surface area (Å²) < 4.78 is 44.3. The molecule has 0 N–H and O–H groups in total. The van der Waals surface area contributed by atoms with E-state index in [9.17, 15) is 22.8 Å². The number of piperidine rings is 1. The summed E-state index contributed by atoms with van der Waals surface area (Å²) in [4.78, 5) is 27.9. The maximum absolute atomic E-state index is 13.0. The molecule has 1 aromatic carbocycles. The summed E-state index contributed by atoms with van der Waals surface area (Å²) in [5.74, 6) is -0.562. The molecule has 0 radical (unpaired) electrons. The number of alkyl halides is 3. The Morgan fingerprint density at radius 3 is 2.52 bits per heavy atom. The second kappa shape index (κ2) is 7.72. The van der Waals surface area contributed by atoms with Crippen LogP contribution in [0, 0.1) is 5.92 Å². The largest absolute Gasteiger partial charge is 0.416 e. The Hall–Kier alpha value is -2.35. The van der Waals surface area contributed by atoms with Gasteiger partial charge in [-0.25, -0.2) is 0 Å². The van der Waals surface area contributed by atoms with Gasteiger partial charge in [-0.3, -0.25) is 9.59 Å². The molecule has 1 aromatic rings. The Balaban J connectivity index is 1.78. The number of benzene rings is 1. The lowest BCUT2D eigenvalue weighted by molar-refractivity contribution is -0.137. The third-order valence-corrected chi connectivity index (χ3v) is 5.01. The summed E-state index contributed by atoms with van der Waals surface area (Å²) in [5.41, 5.74) is 0.0699. The van der Waals surface area contributed by atoms with Gasteiger partial charge in [-0.15, -0.1) is 0 Å². The fourth-order valence-corrected chi connectivity index (χ4v) is 3.52. The first kappa shape index (κ1) is 19.4. The minimum Gasteiger partial charge on any atom is -0.375 e. The summed E-state index contributed by atoms with van der Waals surface area (Å²) in [5, 5.41) is 0. The highest BCUT2D eigenvalue weighted by Crippen LogP contribution is 2.35. The molecule has 5 nitrogen and oxygen atoms in total. The second-order valence-corrected chi connectivity index (χ2v) is 6.69. The highest BCUT2D eigenvalue weighted by atomic mass is 19.4. The number of rotatable bonds is 2. The molecule has 0 unspecified atom stereocenters. The van der Waals surface area contributed by atoms with Crippen LogP contribution in [-0.4, -0.2) is 43.0 Å². The van der Waals surface area contributed by atoms with Crippen molar-refractivity contribution in [2.24, 2.45) is 5.92 Å². The molecule has 8 heteroatoms. The molecular weight excluding hydrogens is 361 g/mol. The van der Waals surface area contributed by atoms with Crippen LogP contribution in [-0.2, 0) is 27.1 Å². The van der Waals surface area contributed by atoms with Crippen molar-refractivity contribution in [1.82, 2.24) is 4.90 Å². The van der Waals surface area contributed by atoms with Gasteiger partial charge in [0.2, 0.25) is 11.8 Å². The molecule has 2 heterocycles. The molecule has 0 saturated carbocycles. The smallest absolute Gasteiger partial charge is 0.375 e. The van der Waals surface area contributed by atoms with Crippen LogP contribution in [0.5, 0.6) is 0 Å². The second-order valence-electron chi connectivity index (χ2n) is 6.69. The number of anilines is 1. The molecule has 1 saturated heterocycles. The fourth-order valence-electron chi connectivity index (χ4n) is 3.52. The Labute approximate surface area is 155 Å². The Morgan fingerprint density at radius 2 is 1.89 bits per heavy atom. The molecule has 2 aliphatic heterocycles. The third kappa shape index (κ3) is 4.16. The topological polar surface area (TPSA) is 49.9 Å². The van der Waals surface area contributed by atoms with E-state index in [1.807, 2.05) is 0 Å². The van der Waals surface area contributed by atoms with Gasteiger partial charge in [0.15, 0.2) is 0 Å². The summed E-state index contributed by atoms with van der Waals surface area (Å²) in [7, 11) is 0. The number of likely N-dealkylation sites (tertiary alicyclic amines) is 1. The number of ether oxygens (including phenoxy) is 1. The van der Waals surface area contributed by atoms with Crippen LogP contribution in [0.15, 0.2) is 30.9 Å². The van der Waals surface area contributed by atoms with Gasteiger partial charge in [-0.2, -0.15) is 13.2 Å². The molecule has 0 aliphatic carbocycles. The van der Waals surface area contributed by atoms with E-state index in [0.717, 1.165) is 12.1 Å². The molecule has 0 spiro atoms. The highest BCUT2D eigenvalue weighted by molar-refractivity contribution is 5.96. The van der Waals surface area contributed by atoms with Crippen LogP contribution in [0.3, 0.4) is 0 Å². The van der Waals surface area contributed by atoms with E-state index in [0.29, 0.717) is 43.7 Å². The molecule has 3 rings (SSSR count). The number of carbonyl (C=O) groups is 2. The Kier molecular flexibility index (Phi) is 5.55. The molecule has 0 atom stereocenters. The maximum Gasteiger partial charge on any atom is 0.416 e. The monoisotopic (exact) mass is 382 g/mol. The lowest BCUT2D eigenvalue weighted by Gasteiger charge is -2.34. The summed E-state index contributed by atoms with van der Waals surface area (Å²) in [6.45, 7) is 4.98. The molecule has 1 fully saturated rings. The number of carbonyl (C=O) groups excluding carboxylic acids is 2. The van der Waals surface area contributed by atoms with Crippen molar-refractivity contribution in [3.8, 4) is 0 Å². The molecule has 0 bridgehead atoms. The van der Waals surface area contributed by atoms with Crippen molar-refractivity contribution >= 4 is 17.5 Å². The number of nitrogens with zero attached hydrogens (tertiary/aromatic N) is 2. The van der Waals surface area contributed by atoms with Gasteiger partial charge in [0.25, 0.3) is 0 Å². The van der Waals surface area contributed by atoms with Gasteiger partial charge in [-0.1, -0.05) is 6.58 Å². The zero-order valence-corrected chi connectivity index (χ0v) is 14.8. The van der Waals surface area contributed by atoms with Crippen molar-refractivity contribution in [3.05, 3.63) is 42.0 Å². The normalized spacial score (nSPS) is 18.6. The molecule has 146 valence electrons. The molecule has 2 aliphatic rings. The number of hydrogen-bond donors (Lipinski definition) is 0. The predicted molar refractivity (Wildman–Crippen MR) is 93.0 cm³/mol. The van der Waals surface area contributed by atoms with Gasteiger partial charge < -0.3 is 14.5 Å². The number of amides is 2. The zero-order valence-electron chi connectivity index (χ0n) is 14.8. The van der Waals surface area contributed by atoms with Gasteiger partial charge in [0.05, 0.1) is 18.8 Å².